The van der Waals surface area contributed by atoms with E-state index >= 15 is 0 Å². The molecule has 41 heavy (non-hydrogen) atoms. The summed E-state index contributed by atoms with van der Waals surface area (Å²) in [6, 6.07) is 10.0. The Bertz CT molecular complexity index is 1510. The van der Waals surface area contributed by atoms with Crippen LogP contribution in [0.1, 0.15) is 77.8 Å². The third kappa shape index (κ3) is 3.21. The first-order chi connectivity index (χ1) is 19.7. The third-order valence-corrected chi connectivity index (χ3v) is 10.4. The predicted molar refractivity (Wildman–Crippen MR) is 145 cm³/mol. The second-order valence-corrected chi connectivity index (χ2v) is 12.6. The molecule has 212 valence electrons. The van der Waals surface area contributed by atoms with Gasteiger partial charge in [0.05, 0.1) is 28.6 Å². The van der Waals surface area contributed by atoms with Crippen LogP contribution < -0.4 is 9.47 Å². The molecule has 0 N–H and O–H groups in total. The van der Waals surface area contributed by atoms with Crippen molar-refractivity contribution in [3.8, 4) is 11.5 Å². The lowest BCUT2D eigenvalue weighted by molar-refractivity contribution is -0.221. The molecule has 1 spiro atoms. The van der Waals surface area contributed by atoms with Gasteiger partial charge in [-0.05, 0) is 74.8 Å². The molecule has 3 aliphatic heterocycles. The highest BCUT2D eigenvalue weighted by atomic mass is 16.6. The van der Waals surface area contributed by atoms with Crippen LogP contribution in [0.2, 0.25) is 0 Å². The SMILES string of the molecule is CC(=O)Oc1ccc2c3c1O[C@H]1[C@H](N4C(=O)c5ccccc5C4=O)CC[C@@]4(OC(C)=O)[C@@H](C2)N(CC2CC2)CC[C@]314. The molecule has 2 aromatic carbocycles. The minimum Gasteiger partial charge on any atom is -0.483 e. The average Bonchev–Trinajstić information content (AvgIpc) is 3.63. The van der Waals surface area contributed by atoms with Crippen molar-refractivity contribution in [2.75, 3.05) is 13.1 Å². The number of likely N-dealkylation sites (tertiary alicyclic amines) is 1. The lowest BCUT2D eigenvalue weighted by atomic mass is 9.48. The highest BCUT2D eigenvalue weighted by molar-refractivity contribution is 6.21. The monoisotopic (exact) mass is 556 g/mol. The van der Waals surface area contributed by atoms with Crippen molar-refractivity contribution in [3.63, 3.8) is 0 Å². The van der Waals surface area contributed by atoms with Crippen LogP contribution in [0.4, 0.5) is 0 Å². The van der Waals surface area contributed by atoms with E-state index in [9.17, 15) is 19.2 Å². The summed E-state index contributed by atoms with van der Waals surface area (Å²) in [5, 5.41) is 0. The van der Waals surface area contributed by atoms with Crippen LogP contribution in [0.15, 0.2) is 36.4 Å². The molecule has 0 aromatic heterocycles. The lowest BCUT2D eigenvalue weighted by Crippen LogP contribution is -2.79. The number of amides is 2. The van der Waals surface area contributed by atoms with E-state index < -0.39 is 29.1 Å². The largest absolute Gasteiger partial charge is 0.483 e. The molecule has 2 bridgehead atoms. The Labute approximate surface area is 237 Å². The first-order valence-corrected chi connectivity index (χ1v) is 14.7. The smallest absolute Gasteiger partial charge is 0.308 e. The highest BCUT2D eigenvalue weighted by Crippen LogP contribution is 2.67. The predicted octanol–water partition coefficient (Wildman–Crippen LogP) is 3.41. The molecule has 5 atom stereocenters. The van der Waals surface area contributed by atoms with E-state index in [4.69, 9.17) is 14.2 Å². The molecule has 3 heterocycles. The number of carbonyl (C=O) groups is 4. The van der Waals surface area contributed by atoms with Gasteiger partial charge in [0.2, 0.25) is 0 Å². The molecule has 2 amide bonds. The molecule has 0 unspecified atom stereocenters. The lowest BCUT2D eigenvalue weighted by Gasteiger charge is -2.65. The Hall–Kier alpha value is -3.72. The Balaban J connectivity index is 1.32. The number of esters is 2. The normalized spacial score (nSPS) is 32.7. The number of piperidine rings is 1. The summed E-state index contributed by atoms with van der Waals surface area (Å²) < 4.78 is 19.0. The van der Waals surface area contributed by atoms with Crippen LogP contribution in [0.5, 0.6) is 11.5 Å². The summed E-state index contributed by atoms with van der Waals surface area (Å²) in [5.41, 5.74) is 1.06. The molecule has 2 aromatic rings. The van der Waals surface area contributed by atoms with Gasteiger partial charge < -0.3 is 14.2 Å². The van der Waals surface area contributed by atoms with Gasteiger partial charge in [-0.2, -0.15) is 0 Å². The van der Waals surface area contributed by atoms with Gasteiger partial charge in [0, 0.05) is 26.0 Å². The number of fused-ring (bicyclic) bond motifs is 1. The van der Waals surface area contributed by atoms with Crippen molar-refractivity contribution >= 4 is 23.8 Å². The average molecular weight is 557 g/mol. The maximum absolute atomic E-state index is 13.7. The van der Waals surface area contributed by atoms with Crippen molar-refractivity contribution in [2.24, 2.45) is 5.92 Å². The van der Waals surface area contributed by atoms with E-state index in [2.05, 4.69) is 4.90 Å². The zero-order valence-corrected chi connectivity index (χ0v) is 23.2. The number of hydrogen-bond donors (Lipinski definition) is 0. The Kier molecular flexibility index (Phi) is 5.13. The van der Waals surface area contributed by atoms with Gasteiger partial charge in [0.25, 0.3) is 11.8 Å². The van der Waals surface area contributed by atoms with Gasteiger partial charge in [-0.3, -0.25) is 29.0 Å². The summed E-state index contributed by atoms with van der Waals surface area (Å²) in [5.74, 6) is -0.0292. The molecular formula is C32H32N2O7. The van der Waals surface area contributed by atoms with Crippen molar-refractivity contribution in [2.45, 2.75) is 81.6 Å². The number of nitrogens with zero attached hydrogens (tertiary/aromatic N) is 2. The van der Waals surface area contributed by atoms with E-state index in [1.807, 2.05) is 6.07 Å². The quantitative estimate of drug-likeness (QED) is 0.314. The molecule has 3 fully saturated rings. The summed E-state index contributed by atoms with van der Waals surface area (Å²) in [7, 11) is 0. The fourth-order valence-electron chi connectivity index (χ4n) is 8.89. The van der Waals surface area contributed by atoms with Crippen molar-refractivity contribution in [3.05, 3.63) is 58.7 Å². The van der Waals surface area contributed by atoms with Gasteiger partial charge in [0.15, 0.2) is 11.5 Å². The number of benzene rings is 2. The number of imide groups is 1. The van der Waals surface area contributed by atoms with Gasteiger partial charge in [-0.15, -0.1) is 0 Å². The van der Waals surface area contributed by atoms with Crippen LogP contribution in [0.25, 0.3) is 0 Å². The standard InChI is InChI=1S/C32H32N2O7/c1-17(35)39-24-10-9-20-15-25-32(41-18(2)36)12-11-23(34-29(37)21-5-3-4-6-22(21)30(34)38)28-31(32,26(20)27(24)40-28)13-14-33(25)16-19-7-8-19/h3-6,9-10,19,23,25,28H,7-8,11-16H2,1-2H3/t23-,25-,28+,31+,32-/m1/s1. The molecular weight excluding hydrogens is 524 g/mol. The minimum atomic E-state index is -0.904. The molecule has 1 saturated heterocycles. The number of ether oxygens (including phenoxy) is 3. The van der Waals surface area contributed by atoms with Crippen LogP contribution >= 0.6 is 0 Å². The first-order valence-electron chi connectivity index (χ1n) is 14.7. The maximum atomic E-state index is 13.7. The molecule has 3 aliphatic carbocycles. The van der Waals surface area contributed by atoms with E-state index in [1.165, 1.54) is 31.6 Å². The van der Waals surface area contributed by atoms with Crippen LogP contribution in [0.3, 0.4) is 0 Å². The number of rotatable bonds is 5. The van der Waals surface area contributed by atoms with Gasteiger partial charge >= 0.3 is 11.9 Å². The summed E-state index contributed by atoms with van der Waals surface area (Å²) in [6.07, 6.45) is 4.02. The van der Waals surface area contributed by atoms with E-state index in [1.54, 1.807) is 30.3 Å². The maximum Gasteiger partial charge on any atom is 0.308 e. The summed E-state index contributed by atoms with van der Waals surface area (Å²) >= 11 is 0. The second-order valence-electron chi connectivity index (χ2n) is 12.6. The van der Waals surface area contributed by atoms with Gasteiger partial charge in [-0.25, -0.2) is 0 Å². The Morgan fingerprint density at radius 3 is 2.37 bits per heavy atom. The van der Waals surface area contributed by atoms with Crippen molar-refractivity contribution in [1.82, 2.24) is 9.80 Å². The highest BCUT2D eigenvalue weighted by Gasteiger charge is 2.76. The minimum absolute atomic E-state index is 0.0620. The summed E-state index contributed by atoms with van der Waals surface area (Å²) in [6.45, 7) is 4.56. The molecule has 9 heteroatoms. The van der Waals surface area contributed by atoms with Crippen LogP contribution in [-0.2, 0) is 26.2 Å². The first kappa shape index (κ1) is 25.0. The molecule has 8 rings (SSSR count). The van der Waals surface area contributed by atoms with E-state index in [0.717, 1.165) is 24.2 Å². The summed E-state index contributed by atoms with van der Waals surface area (Å²) in [4.78, 5) is 56.4. The molecule has 0 radical (unpaired) electrons. The fraction of sp³-hybridized carbons (Fsp3) is 0.500. The fourth-order valence-corrected chi connectivity index (χ4v) is 8.89. The van der Waals surface area contributed by atoms with Crippen LogP contribution in [-0.4, -0.2) is 70.4 Å². The Morgan fingerprint density at radius 1 is 0.976 bits per heavy atom. The zero-order chi connectivity index (χ0) is 28.3. The van der Waals surface area contributed by atoms with E-state index in [-0.39, 0.29) is 23.8 Å². The third-order valence-electron chi connectivity index (χ3n) is 10.4. The molecule has 6 aliphatic rings. The zero-order valence-electron chi connectivity index (χ0n) is 23.2. The molecule has 2 saturated carbocycles. The Morgan fingerprint density at radius 2 is 1.71 bits per heavy atom. The van der Waals surface area contributed by atoms with Crippen LogP contribution in [0, 0.1) is 5.92 Å². The van der Waals surface area contributed by atoms with Gasteiger partial charge in [0.1, 0.15) is 11.7 Å². The number of hydrogen-bond acceptors (Lipinski definition) is 8. The van der Waals surface area contributed by atoms with Crippen molar-refractivity contribution < 1.29 is 33.4 Å². The van der Waals surface area contributed by atoms with Crippen molar-refractivity contribution in [1.29, 1.82) is 0 Å². The van der Waals surface area contributed by atoms with Gasteiger partial charge in [-0.1, -0.05) is 18.2 Å². The molecule has 9 nitrogen and oxygen atoms in total. The second kappa shape index (κ2) is 8.41. The van der Waals surface area contributed by atoms with E-state index in [0.29, 0.717) is 54.2 Å². The number of carbonyl (C=O) groups excluding carboxylic acids is 4. The topological polar surface area (TPSA) is 102 Å².